The third-order valence-electron chi connectivity index (χ3n) is 4.41. The van der Waals surface area contributed by atoms with Crippen molar-refractivity contribution < 1.29 is 9.59 Å². The predicted molar refractivity (Wildman–Crippen MR) is 102 cm³/mol. The maximum absolute atomic E-state index is 12.3. The lowest BCUT2D eigenvalue weighted by Crippen LogP contribution is -2.22. The minimum absolute atomic E-state index is 0.0291. The molecule has 1 fully saturated rings. The van der Waals surface area contributed by atoms with E-state index in [0.29, 0.717) is 17.7 Å². The second-order valence-electron chi connectivity index (χ2n) is 6.27. The average molecular weight is 357 g/mol. The molecule has 2 heterocycles. The second kappa shape index (κ2) is 8.16. The molecule has 6 heteroatoms. The summed E-state index contributed by atoms with van der Waals surface area (Å²) in [5.74, 6) is -0.514. The van der Waals surface area contributed by atoms with Crippen LogP contribution in [0, 0.1) is 0 Å². The molecule has 1 aliphatic heterocycles. The number of carbonyl (C=O) groups excluding carboxylic acids is 2. The third-order valence-corrected chi connectivity index (χ3v) is 5.35. The first kappa shape index (κ1) is 17.5. The minimum Gasteiger partial charge on any atom is -0.370 e. The number of nitrogens with zero attached hydrogens (tertiary/aromatic N) is 1. The van der Waals surface area contributed by atoms with E-state index in [-0.39, 0.29) is 5.91 Å². The van der Waals surface area contributed by atoms with Gasteiger partial charge in [-0.15, -0.1) is 11.3 Å². The fraction of sp³-hybridized carbons (Fsp3) is 0.368. The number of hydrogen-bond acceptors (Lipinski definition) is 4. The summed E-state index contributed by atoms with van der Waals surface area (Å²) in [5.41, 5.74) is 7.45. The van der Waals surface area contributed by atoms with Gasteiger partial charge >= 0.3 is 0 Å². The molecule has 2 aromatic rings. The number of nitrogens with two attached hydrogens (primary N) is 1. The van der Waals surface area contributed by atoms with Crippen LogP contribution in [0.1, 0.15) is 40.9 Å². The summed E-state index contributed by atoms with van der Waals surface area (Å²) in [6, 6.07) is 9.41. The van der Waals surface area contributed by atoms with Crippen molar-refractivity contribution in [2.45, 2.75) is 32.1 Å². The van der Waals surface area contributed by atoms with E-state index in [1.165, 1.54) is 4.88 Å². The van der Waals surface area contributed by atoms with E-state index in [1.807, 2.05) is 17.5 Å². The molecule has 0 radical (unpaired) electrons. The quantitative estimate of drug-likeness (QED) is 0.797. The van der Waals surface area contributed by atoms with Crippen molar-refractivity contribution in [3.63, 3.8) is 0 Å². The van der Waals surface area contributed by atoms with Gasteiger partial charge in [-0.2, -0.15) is 0 Å². The Bertz CT molecular complexity index is 737. The standard InChI is InChI=1S/C19H23N3O2S/c20-19(24)14-8-9-17(22-10-1-2-11-22)16(13-14)21-18(23)7-3-5-15-6-4-12-25-15/h4,6,8-9,12-13H,1-3,5,7,10-11H2,(H2,20,24)(H,21,23). The highest BCUT2D eigenvalue weighted by molar-refractivity contribution is 7.09. The van der Waals surface area contributed by atoms with Crippen LogP contribution in [-0.4, -0.2) is 24.9 Å². The zero-order valence-corrected chi connectivity index (χ0v) is 15.0. The topological polar surface area (TPSA) is 75.4 Å². The van der Waals surface area contributed by atoms with Crippen LogP contribution in [0.3, 0.4) is 0 Å². The van der Waals surface area contributed by atoms with E-state index in [1.54, 1.807) is 23.5 Å². The van der Waals surface area contributed by atoms with Crippen molar-refractivity contribution in [2.75, 3.05) is 23.3 Å². The molecule has 0 atom stereocenters. The molecule has 132 valence electrons. The Morgan fingerprint density at radius 1 is 1.20 bits per heavy atom. The molecule has 2 amide bonds. The fourth-order valence-electron chi connectivity index (χ4n) is 3.11. The molecule has 3 rings (SSSR count). The molecule has 1 aromatic heterocycles. The molecule has 3 N–H and O–H groups in total. The van der Waals surface area contributed by atoms with Crippen LogP contribution in [0.25, 0.3) is 0 Å². The monoisotopic (exact) mass is 357 g/mol. The molecule has 0 aliphatic carbocycles. The Kier molecular flexibility index (Phi) is 5.71. The maximum atomic E-state index is 12.3. The van der Waals surface area contributed by atoms with Crippen molar-refractivity contribution in [1.82, 2.24) is 0 Å². The van der Waals surface area contributed by atoms with E-state index >= 15 is 0 Å². The first-order valence-corrected chi connectivity index (χ1v) is 9.52. The number of hydrogen-bond donors (Lipinski definition) is 2. The first-order chi connectivity index (χ1) is 12.1. The number of anilines is 2. The molecule has 25 heavy (non-hydrogen) atoms. The van der Waals surface area contributed by atoms with Crippen LogP contribution in [0.2, 0.25) is 0 Å². The Labute approximate surface area is 151 Å². The summed E-state index contributed by atoms with van der Waals surface area (Å²) in [7, 11) is 0. The molecule has 1 aromatic carbocycles. The summed E-state index contributed by atoms with van der Waals surface area (Å²) >= 11 is 1.71. The van der Waals surface area contributed by atoms with E-state index in [4.69, 9.17) is 5.73 Å². The number of nitrogens with one attached hydrogen (secondary N) is 1. The van der Waals surface area contributed by atoms with Gasteiger partial charge in [0.1, 0.15) is 0 Å². The fourth-order valence-corrected chi connectivity index (χ4v) is 3.87. The summed E-state index contributed by atoms with van der Waals surface area (Å²) in [5, 5.41) is 5.03. The van der Waals surface area contributed by atoms with Crippen molar-refractivity contribution in [3.8, 4) is 0 Å². The summed E-state index contributed by atoms with van der Waals surface area (Å²) in [4.78, 5) is 27.4. The van der Waals surface area contributed by atoms with Crippen molar-refractivity contribution >= 4 is 34.5 Å². The number of benzene rings is 1. The molecule has 0 bridgehead atoms. The van der Waals surface area contributed by atoms with Gasteiger partial charge in [0.2, 0.25) is 11.8 Å². The first-order valence-electron chi connectivity index (χ1n) is 8.64. The van der Waals surface area contributed by atoms with Gasteiger partial charge in [0.15, 0.2) is 0 Å². The van der Waals surface area contributed by atoms with Gasteiger partial charge in [-0.1, -0.05) is 6.07 Å². The van der Waals surface area contributed by atoms with E-state index < -0.39 is 5.91 Å². The molecular weight excluding hydrogens is 334 g/mol. The predicted octanol–water partition coefficient (Wildman–Crippen LogP) is 3.41. The lowest BCUT2D eigenvalue weighted by Gasteiger charge is -2.22. The van der Waals surface area contributed by atoms with Gasteiger partial charge in [0.25, 0.3) is 0 Å². The smallest absolute Gasteiger partial charge is 0.248 e. The number of primary amides is 1. The van der Waals surface area contributed by atoms with Gasteiger partial charge in [0.05, 0.1) is 11.4 Å². The number of aryl methyl sites for hydroxylation is 1. The van der Waals surface area contributed by atoms with Crippen LogP contribution in [0.4, 0.5) is 11.4 Å². The van der Waals surface area contributed by atoms with Crippen LogP contribution in [0.5, 0.6) is 0 Å². The summed E-state index contributed by atoms with van der Waals surface area (Å²) in [6.45, 7) is 1.94. The van der Waals surface area contributed by atoms with Crippen molar-refractivity contribution in [1.29, 1.82) is 0 Å². The van der Waals surface area contributed by atoms with Gasteiger partial charge < -0.3 is 16.0 Å². The minimum atomic E-state index is -0.485. The number of thiophene rings is 1. The Hall–Kier alpha value is -2.34. The van der Waals surface area contributed by atoms with Crippen LogP contribution in [0.15, 0.2) is 35.7 Å². The van der Waals surface area contributed by atoms with E-state index in [2.05, 4.69) is 16.3 Å². The SMILES string of the molecule is NC(=O)c1ccc(N2CCCC2)c(NC(=O)CCCc2cccs2)c1. The molecule has 1 aliphatic rings. The Balaban J connectivity index is 1.66. The zero-order valence-electron chi connectivity index (χ0n) is 14.2. The zero-order chi connectivity index (χ0) is 17.6. The summed E-state index contributed by atoms with van der Waals surface area (Å²) < 4.78 is 0. The second-order valence-corrected chi connectivity index (χ2v) is 7.30. The van der Waals surface area contributed by atoms with Gasteiger partial charge in [-0.3, -0.25) is 9.59 Å². The number of carbonyl (C=O) groups is 2. The maximum Gasteiger partial charge on any atom is 0.248 e. The third kappa shape index (κ3) is 4.60. The highest BCUT2D eigenvalue weighted by atomic mass is 32.1. The largest absolute Gasteiger partial charge is 0.370 e. The van der Waals surface area contributed by atoms with Crippen LogP contribution >= 0.6 is 11.3 Å². The highest BCUT2D eigenvalue weighted by Crippen LogP contribution is 2.30. The van der Waals surface area contributed by atoms with Gasteiger partial charge in [-0.05, 0) is 55.3 Å². The normalized spacial score (nSPS) is 13.8. The Morgan fingerprint density at radius 3 is 2.68 bits per heavy atom. The molecular formula is C19H23N3O2S. The lowest BCUT2D eigenvalue weighted by molar-refractivity contribution is -0.116. The Morgan fingerprint density at radius 2 is 2.00 bits per heavy atom. The van der Waals surface area contributed by atoms with Crippen LogP contribution < -0.4 is 16.0 Å². The van der Waals surface area contributed by atoms with E-state index in [0.717, 1.165) is 44.5 Å². The van der Waals surface area contributed by atoms with Crippen LogP contribution in [-0.2, 0) is 11.2 Å². The lowest BCUT2D eigenvalue weighted by atomic mass is 10.1. The molecule has 0 spiro atoms. The number of amides is 2. The molecule has 5 nitrogen and oxygen atoms in total. The van der Waals surface area contributed by atoms with Crippen molar-refractivity contribution in [2.24, 2.45) is 5.73 Å². The van der Waals surface area contributed by atoms with Gasteiger partial charge in [-0.25, -0.2) is 0 Å². The highest BCUT2D eigenvalue weighted by Gasteiger charge is 2.18. The average Bonchev–Trinajstić information content (AvgIpc) is 3.28. The molecule has 0 unspecified atom stereocenters. The molecule has 1 saturated heterocycles. The van der Waals surface area contributed by atoms with Gasteiger partial charge in [0, 0.05) is 30.0 Å². The molecule has 0 saturated carbocycles. The van der Waals surface area contributed by atoms with Crippen molar-refractivity contribution in [3.05, 3.63) is 46.2 Å². The number of rotatable bonds is 7. The summed E-state index contributed by atoms with van der Waals surface area (Å²) in [6.07, 6.45) is 4.46. The van der Waals surface area contributed by atoms with E-state index in [9.17, 15) is 9.59 Å².